The Kier molecular flexibility index (Phi) is 6.93. The highest BCUT2D eigenvalue weighted by atomic mass is 32.3. The molecule has 10 rings (SSSR count). The fraction of sp³-hybridized carbons (Fsp3) is 0. The first kappa shape index (κ1) is 29.6. The minimum Gasteiger partial charge on any atom is -0.309 e. The van der Waals surface area contributed by atoms with Crippen LogP contribution in [0.4, 0.5) is 0 Å². The van der Waals surface area contributed by atoms with E-state index in [0.717, 1.165) is 5.69 Å². The third-order valence-electron chi connectivity index (χ3n) is 10.2. The van der Waals surface area contributed by atoms with E-state index in [1.807, 2.05) is 0 Å². The maximum absolute atomic E-state index is 2.48. The van der Waals surface area contributed by atoms with Gasteiger partial charge in [0.1, 0.15) is 0 Å². The van der Waals surface area contributed by atoms with E-state index in [-0.39, 0.29) is 0 Å². The molecule has 51 heavy (non-hydrogen) atoms. The SMILES string of the molecule is c1ccc(-n2c3ccccc3c3cc(-n4c5ccccc5c5cc(S(c6ccccc6)(c6ccccc6)c6ccccc6)ccc54)ccc32)cc1. The van der Waals surface area contributed by atoms with E-state index in [4.69, 9.17) is 0 Å². The second kappa shape index (κ2) is 11.9. The number of rotatable bonds is 6. The van der Waals surface area contributed by atoms with E-state index in [1.54, 1.807) is 0 Å². The normalized spacial score (nSPS) is 12.2. The standard InChI is InChI=1S/C48H34N2S/c1-5-17-35(18-6-1)49-45-27-15-13-25-41(45)43-33-36(29-31-47(43)49)50-46-28-16-14-26-42(46)44-34-40(30-32-48(44)50)51(37-19-7-2-8-20-37,38-21-9-3-10-22-38)39-23-11-4-12-24-39/h1-34H. The molecule has 0 bridgehead atoms. The van der Waals surface area contributed by atoms with Gasteiger partial charge in [0.05, 0.1) is 22.1 Å². The van der Waals surface area contributed by atoms with Crippen molar-refractivity contribution in [2.75, 3.05) is 0 Å². The molecule has 10 aromatic rings. The van der Waals surface area contributed by atoms with E-state index < -0.39 is 10.0 Å². The zero-order valence-electron chi connectivity index (χ0n) is 27.9. The maximum Gasteiger partial charge on any atom is 0.0542 e. The molecule has 0 aliphatic rings. The molecule has 2 heterocycles. The van der Waals surface area contributed by atoms with Crippen molar-refractivity contribution < 1.29 is 0 Å². The van der Waals surface area contributed by atoms with Crippen LogP contribution < -0.4 is 0 Å². The zero-order valence-corrected chi connectivity index (χ0v) is 28.7. The van der Waals surface area contributed by atoms with Gasteiger partial charge in [-0.3, -0.25) is 0 Å². The molecule has 8 aromatic carbocycles. The summed E-state index contributed by atoms with van der Waals surface area (Å²) >= 11 is 0. The van der Waals surface area contributed by atoms with Crippen LogP contribution in [-0.2, 0) is 0 Å². The van der Waals surface area contributed by atoms with Crippen LogP contribution in [-0.4, -0.2) is 9.13 Å². The monoisotopic (exact) mass is 670 g/mol. The van der Waals surface area contributed by atoms with Crippen LogP contribution >= 0.6 is 10.0 Å². The highest BCUT2D eigenvalue weighted by Gasteiger charge is 2.33. The van der Waals surface area contributed by atoms with Crippen LogP contribution in [0, 0.1) is 0 Å². The lowest BCUT2D eigenvalue weighted by atomic mass is 10.1. The molecule has 242 valence electrons. The van der Waals surface area contributed by atoms with E-state index >= 15 is 0 Å². The Balaban J connectivity index is 1.25. The summed E-state index contributed by atoms with van der Waals surface area (Å²) in [5.74, 6) is 0. The largest absolute Gasteiger partial charge is 0.309 e. The summed E-state index contributed by atoms with van der Waals surface area (Å²) in [4.78, 5) is 5.30. The van der Waals surface area contributed by atoms with Crippen molar-refractivity contribution in [1.29, 1.82) is 0 Å². The van der Waals surface area contributed by atoms with Crippen molar-refractivity contribution in [3.8, 4) is 11.4 Å². The predicted molar refractivity (Wildman–Crippen MR) is 215 cm³/mol. The first-order valence-corrected chi connectivity index (χ1v) is 19.1. The highest BCUT2D eigenvalue weighted by Crippen LogP contribution is 2.73. The Morgan fingerprint density at radius 3 is 1.18 bits per heavy atom. The number of hydrogen-bond donors (Lipinski definition) is 0. The molecular formula is C48H34N2S. The molecule has 0 radical (unpaired) electrons. The second-order valence-electron chi connectivity index (χ2n) is 13.0. The van der Waals surface area contributed by atoms with Crippen LogP contribution in [0.3, 0.4) is 0 Å². The molecule has 3 heteroatoms. The maximum atomic E-state index is 2.48. The van der Waals surface area contributed by atoms with E-state index in [0.29, 0.717) is 0 Å². The lowest BCUT2D eigenvalue weighted by Crippen LogP contribution is -2.05. The van der Waals surface area contributed by atoms with E-state index in [1.165, 1.54) is 68.9 Å². The number of fused-ring (bicyclic) bond motifs is 6. The highest BCUT2D eigenvalue weighted by molar-refractivity contribution is 8.34. The van der Waals surface area contributed by atoms with Crippen LogP contribution in [0.1, 0.15) is 0 Å². The van der Waals surface area contributed by atoms with Crippen LogP contribution in [0.5, 0.6) is 0 Å². The van der Waals surface area contributed by atoms with Gasteiger partial charge in [-0.15, -0.1) is 10.0 Å². The van der Waals surface area contributed by atoms with Crippen LogP contribution in [0.15, 0.2) is 226 Å². The zero-order chi connectivity index (χ0) is 33.8. The van der Waals surface area contributed by atoms with Gasteiger partial charge in [-0.2, -0.15) is 0 Å². The smallest absolute Gasteiger partial charge is 0.0542 e. The van der Waals surface area contributed by atoms with Gasteiger partial charge in [0.15, 0.2) is 0 Å². The average molecular weight is 671 g/mol. The number of para-hydroxylation sites is 3. The van der Waals surface area contributed by atoms with Gasteiger partial charge in [-0.05, 0) is 97.1 Å². The van der Waals surface area contributed by atoms with Crippen LogP contribution in [0.25, 0.3) is 55.0 Å². The molecule has 0 spiro atoms. The summed E-state index contributed by atoms with van der Waals surface area (Å²) in [6, 6.07) is 75.8. The quantitative estimate of drug-likeness (QED) is 0.167. The van der Waals surface area contributed by atoms with Gasteiger partial charge in [-0.1, -0.05) is 109 Å². The average Bonchev–Trinajstić information content (AvgIpc) is 3.72. The van der Waals surface area contributed by atoms with E-state index in [9.17, 15) is 0 Å². The fourth-order valence-corrected chi connectivity index (χ4v) is 12.0. The Bertz CT molecular complexity index is 2740. The summed E-state index contributed by atoms with van der Waals surface area (Å²) in [5.41, 5.74) is 7.15. The molecule has 2 aromatic heterocycles. The number of nitrogens with zero attached hydrogens (tertiary/aromatic N) is 2. The van der Waals surface area contributed by atoms with Gasteiger partial charge in [-0.25, -0.2) is 0 Å². The van der Waals surface area contributed by atoms with Crippen molar-refractivity contribution in [3.05, 3.63) is 206 Å². The van der Waals surface area contributed by atoms with Gasteiger partial charge in [0.25, 0.3) is 0 Å². The minimum absolute atomic E-state index is 1.16. The molecule has 0 saturated carbocycles. The summed E-state index contributed by atoms with van der Waals surface area (Å²) in [5, 5.41) is 5.01. The van der Waals surface area contributed by atoms with Crippen molar-refractivity contribution in [2.45, 2.75) is 19.6 Å². The summed E-state index contributed by atoms with van der Waals surface area (Å²) in [6.07, 6.45) is 0. The molecule has 0 unspecified atom stereocenters. The first-order valence-electron chi connectivity index (χ1n) is 17.4. The van der Waals surface area contributed by atoms with E-state index in [2.05, 4.69) is 215 Å². The number of hydrogen-bond acceptors (Lipinski definition) is 0. The molecule has 0 N–H and O–H groups in total. The lowest BCUT2D eigenvalue weighted by molar-refractivity contribution is 1.16. The molecule has 0 fully saturated rings. The Hall–Kier alpha value is -6.29. The molecule has 0 aliphatic carbocycles. The molecule has 0 saturated heterocycles. The van der Waals surface area contributed by atoms with Gasteiger partial charge < -0.3 is 9.13 Å². The van der Waals surface area contributed by atoms with Gasteiger partial charge in [0, 0.05) is 52.5 Å². The van der Waals surface area contributed by atoms with Gasteiger partial charge >= 0.3 is 0 Å². The number of benzene rings is 8. The molecule has 2 nitrogen and oxygen atoms in total. The molecule has 0 aliphatic heterocycles. The van der Waals surface area contributed by atoms with Crippen molar-refractivity contribution in [1.82, 2.24) is 9.13 Å². The Morgan fingerprint density at radius 2 is 0.647 bits per heavy atom. The molecule has 0 amide bonds. The van der Waals surface area contributed by atoms with Crippen molar-refractivity contribution >= 4 is 53.6 Å². The number of aromatic nitrogens is 2. The summed E-state index contributed by atoms with van der Waals surface area (Å²) < 4.78 is 4.83. The topological polar surface area (TPSA) is 9.86 Å². The Morgan fingerprint density at radius 1 is 0.255 bits per heavy atom. The Labute approximate surface area is 298 Å². The fourth-order valence-electron chi connectivity index (χ4n) is 8.07. The summed E-state index contributed by atoms with van der Waals surface area (Å²) in [6.45, 7) is 0. The lowest BCUT2D eigenvalue weighted by Gasteiger charge is -2.42. The van der Waals surface area contributed by atoms with Crippen LogP contribution in [0.2, 0.25) is 0 Å². The molecule has 0 atom stereocenters. The van der Waals surface area contributed by atoms with Crippen molar-refractivity contribution in [3.63, 3.8) is 0 Å². The molecular weight excluding hydrogens is 637 g/mol. The minimum atomic E-state index is -1.82. The summed E-state index contributed by atoms with van der Waals surface area (Å²) in [7, 11) is -1.82. The van der Waals surface area contributed by atoms with Gasteiger partial charge in [0.2, 0.25) is 0 Å². The predicted octanol–water partition coefficient (Wildman–Crippen LogP) is 13.2. The second-order valence-corrected chi connectivity index (χ2v) is 16.1. The first-order chi connectivity index (χ1) is 25.3. The van der Waals surface area contributed by atoms with Crippen molar-refractivity contribution in [2.24, 2.45) is 0 Å². The third kappa shape index (κ3) is 4.52. The third-order valence-corrected chi connectivity index (χ3v) is 14.1.